The smallest absolute Gasteiger partial charge is 0.303 e. The van der Waals surface area contributed by atoms with E-state index in [4.69, 9.17) is 5.11 Å². The molecule has 1 amide bonds. The van der Waals surface area contributed by atoms with E-state index < -0.39 is 5.97 Å². The number of carbonyl (C=O) groups excluding carboxylic acids is 1. The molecule has 110 valence electrons. The molecule has 20 heavy (non-hydrogen) atoms. The van der Waals surface area contributed by atoms with Crippen molar-refractivity contribution in [3.05, 3.63) is 22.4 Å². The van der Waals surface area contributed by atoms with Crippen molar-refractivity contribution in [3.63, 3.8) is 0 Å². The van der Waals surface area contributed by atoms with Crippen molar-refractivity contribution in [2.24, 2.45) is 5.41 Å². The van der Waals surface area contributed by atoms with Crippen molar-refractivity contribution >= 4 is 23.2 Å². The van der Waals surface area contributed by atoms with Gasteiger partial charge in [-0.05, 0) is 40.6 Å². The van der Waals surface area contributed by atoms with Gasteiger partial charge >= 0.3 is 5.97 Å². The minimum absolute atomic E-state index is 0.0151. The molecule has 0 aliphatic heterocycles. The molecule has 1 heterocycles. The van der Waals surface area contributed by atoms with E-state index in [1.165, 1.54) is 6.42 Å². The predicted molar refractivity (Wildman–Crippen MR) is 78.8 cm³/mol. The predicted octanol–water partition coefficient (Wildman–Crippen LogP) is 2.83. The molecule has 1 aliphatic rings. The van der Waals surface area contributed by atoms with Gasteiger partial charge in [0.2, 0.25) is 5.91 Å². The van der Waals surface area contributed by atoms with Crippen LogP contribution in [-0.2, 0) is 16.0 Å². The SMILES string of the molecule is O=C(O)CC1(CNC(=O)Cc2ccsc2)CCCCC1. The van der Waals surface area contributed by atoms with E-state index in [9.17, 15) is 9.59 Å². The van der Waals surface area contributed by atoms with E-state index in [-0.39, 0.29) is 17.7 Å². The Morgan fingerprint density at radius 1 is 1.30 bits per heavy atom. The summed E-state index contributed by atoms with van der Waals surface area (Å²) < 4.78 is 0. The highest BCUT2D eigenvalue weighted by Crippen LogP contribution is 2.38. The van der Waals surface area contributed by atoms with Gasteiger partial charge in [-0.3, -0.25) is 9.59 Å². The van der Waals surface area contributed by atoms with E-state index >= 15 is 0 Å². The van der Waals surface area contributed by atoms with Crippen molar-refractivity contribution in [2.45, 2.75) is 44.9 Å². The molecule has 0 aromatic carbocycles. The number of carbonyl (C=O) groups is 2. The highest BCUT2D eigenvalue weighted by atomic mass is 32.1. The van der Waals surface area contributed by atoms with Crippen molar-refractivity contribution in [3.8, 4) is 0 Å². The monoisotopic (exact) mass is 295 g/mol. The average Bonchev–Trinajstić information content (AvgIpc) is 2.90. The molecular formula is C15H21NO3S. The second-order valence-corrected chi connectivity index (χ2v) is 6.50. The zero-order chi connectivity index (χ0) is 14.4. The van der Waals surface area contributed by atoms with Crippen molar-refractivity contribution in [1.82, 2.24) is 5.32 Å². The zero-order valence-corrected chi connectivity index (χ0v) is 12.4. The summed E-state index contributed by atoms with van der Waals surface area (Å²) in [5, 5.41) is 16.0. The number of aliphatic carboxylic acids is 1. The summed E-state index contributed by atoms with van der Waals surface area (Å²) in [6.07, 6.45) is 5.64. The minimum Gasteiger partial charge on any atom is -0.481 e. The molecule has 2 rings (SSSR count). The summed E-state index contributed by atoms with van der Waals surface area (Å²) in [6, 6.07) is 1.94. The van der Waals surface area contributed by atoms with Gasteiger partial charge in [0.15, 0.2) is 0 Å². The van der Waals surface area contributed by atoms with E-state index in [1.807, 2.05) is 16.8 Å². The first kappa shape index (κ1) is 15.0. The Hall–Kier alpha value is -1.36. The summed E-state index contributed by atoms with van der Waals surface area (Å²) in [5.41, 5.74) is 0.775. The average molecular weight is 295 g/mol. The molecule has 4 nitrogen and oxygen atoms in total. The van der Waals surface area contributed by atoms with Gasteiger partial charge in [-0.1, -0.05) is 19.3 Å². The number of amides is 1. The first-order valence-corrected chi connectivity index (χ1v) is 8.04. The van der Waals surface area contributed by atoms with Crippen LogP contribution in [0.3, 0.4) is 0 Å². The summed E-state index contributed by atoms with van der Waals surface area (Å²) >= 11 is 1.58. The van der Waals surface area contributed by atoms with Crippen LogP contribution in [0.25, 0.3) is 0 Å². The summed E-state index contributed by atoms with van der Waals surface area (Å²) in [7, 11) is 0. The number of thiophene rings is 1. The maximum Gasteiger partial charge on any atom is 0.303 e. The van der Waals surface area contributed by atoms with E-state index in [0.29, 0.717) is 13.0 Å². The molecule has 1 aromatic heterocycles. The van der Waals surface area contributed by atoms with Crippen molar-refractivity contribution in [2.75, 3.05) is 6.54 Å². The molecule has 1 saturated carbocycles. The first-order valence-electron chi connectivity index (χ1n) is 7.09. The zero-order valence-electron chi connectivity index (χ0n) is 11.6. The van der Waals surface area contributed by atoms with Gasteiger partial charge in [0, 0.05) is 6.54 Å². The highest BCUT2D eigenvalue weighted by Gasteiger charge is 2.34. The standard InChI is InChI=1S/C15H21NO3S/c17-13(8-12-4-7-20-10-12)16-11-15(9-14(18)19)5-2-1-3-6-15/h4,7,10H,1-3,5-6,8-9,11H2,(H,16,17)(H,18,19). The van der Waals surface area contributed by atoms with Gasteiger partial charge in [0.05, 0.1) is 12.8 Å². The van der Waals surface area contributed by atoms with Crippen molar-refractivity contribution in [1.29, 1.82) is 0 Å². The third-order valence-corrected chi connectivity index (χ3v) is 4.78. The Morgan fingerprint density at radius 2 is 2.05 bits per heavy atom. The lowest BCUT2D eigenvalue weighted by atomic mass is 9.71. The van der Waals surface area contributed by atoms with Crippen LogP contribution in [-0.4, -0.2) is 23.5 Å². The number of nitrogens with one attached hydrogen (secondary N) is 1. The molecule has 1 fully saturated rings. The highest BCUT2D eigenvalue weighted by molar-refractivity contribution is 7.07. The van der Waals surface area contributed by atoms with Gasteiger partial charge in [0.1, 0.15) is 0 Å². The second-order valence-electron chi connectivity index (χ2n) is 5.72. The summed E-state index contributed by atoms with van der Waals surface area (Å²) in [6.45, 7) is 0.488. The molecule has 2 N–H and O–H groups in total. The van der Waals surface area contributed by atoms with Gasteiger partial charge in [-0.15, -0.1) is 0 Å². The third kappa shape index (κ3) is 4.34. The Bertz CT molecular complexity index is 450. The normalized spacial score (nSPS) is 17.6. The molecule has 1 aromatic rings. The maximum atomic E-state index is 11.9. The lowest BCUT2D eigenvalue weighted by Crippen LogP contribution is -2.40. The number of rotatable bonds is 6. The number of carboxylic acids is 1. The van der Waals surface area contributed by atoms with Crippen LogP contribution in [0.1, 0.15) is 44.1 Å². The fraction of sp³-hybridized carbons (Fsp3) is 0.600. The van der Waals surface area contributed by atoms with Crippen LogP contribution in [0.15, 0.2) is 16.8 Å². The number of carboxylic acid groups (broad SMARTS) is 1. The Kier molecular flexibility index (Phi) is 5.17. The summed E-state index contributed by atoms with van der Waals surface area (Å²) in [5.74, 6) is -0.780. The van der Waals surface area contributed by atoms with Crippen molar-refractivity contribution < 1.29 is 14.7 Å². The lowest BCUT2D eigenvalue weighted by molar-refractivity contribution is -0.140. The second kappa shape index (κ2) is 6.88. The molecule has 0 atom stereocenters. The Labute approximate surface area is 123 Å². The number of hydrogen-bond acceptors (Lipinski definition) is 3. The fourth-order valence-corrected chi connectivity index (χ4v) is 3.63. The topological polar surface area (TPSA) is 66.4 Å². The Balaban J connectivity index is 1.87. The van der Waals surface area contributed by atoms with Crippen LogP contribution < -0.4 is 5.32 Å². The van der Waals surface area contributed by atoms with E-state index in [0.717, 1.165) is 31.2 Å². The molecule has 0 bridgehead atoms. The first-order chi connectivity index (χ1) is 9.60. The van der Waals surface area contributed by atoms with E-state index in [1.54, 1.807) is 11.3 Å². The maximum absolute atomic E-state index is 11.9. The quantitative estimate of drug-likeness (QED) is 0.848. The largest absolute Gasteiger partial charge is 0.481 e. The number of hydrogen-bond donors (Lipinski definition) is 2. The van der Waals surface area contributed by atoms with Crippen LogP contribution in [0.5, 0.6) is 0 Å². The lowest BCUT2D eigenvalue weighted by Gasteiger charge is -2.36. The molecular weight excluding hydrogens is 274 g/mol. The van der Waals surface area contributed by atoms with Gasteiger partial charge in [-0.25, -0.2) is 0 Å². The van der Waals surface area contributed by atoms with Crippen LogP contribution in [0.2, 0.25) is 0 Å². The van der Waals surface area contributed by atoms with Crippen LogP contribution in [0.4, 0.5) is 0 Å². The molecule has 0 saturated heterocycles. The van der Waals surface area contributed by atoms with Crippen LogP contribution >= 0.6 is 11.3 Å². The van der Waals surface area contributed by atoms with E-state index in [2.05, 4.69) is 5.32 Å². The van der Waals surface area contributed by atoms with Crippen LogP contribution in [0, 0.1) is 5.41 Å². The van der Waals surface area contributed by atoms with Gasteiger partial charge in [0.25, 0.3) is 0 Å². The van der Waals surface area contributed by atoms with Gasteiger partial charge < -0.3 is 10.4 Å². The third-order valence-electron chi connectivity index (χ3n) is 4.05. The Morgan fingerprint density at radius 3 is 2.65 bits per heavy atom. The van der Waals surface area contributed by atoms with Gasteiger partial charge in [-0.2, -0.15) is 11.3 Å². The molecule has 5 heteroatoms. The molecule has 0 unspecified atom stereocenters. The fourth-order valence-electron chi connectivity index (χ4n) is 2.97. The molecule has 1 aliphatic carbocycles. The summed E-state index contributed by atoms with van der Waals surface area (Å²) in [4.78, 5) is 23.0. The molecule has 0 radical (unpaired) electrons. The molecule has 0 spiro atoms. The minimum atomic E-state index is -0.765.